The van der Waals surface area contributed by atoms with Gasteiger partial charge in [-0.05, 0) is 18.2 Å². The zero-order chi connectivity index (χ0) is 20.9. The van der Waals surface area contributed by atoms with Crippen LogP contribution in [0.1, 0.15) is 0 Å². The molecular weight excluding hydrogens is 411 g/mol. The number of hydrogen-bond acceptors (Lipinski definition) is 7. The summed E-state index contributed by atoms with van der Waals surface area (Å²) in [6.07, 6.45) is 1.50. The Bertz CT molecular complexity index is 887. The highest BCUT2D eigenvalue weighted by Crippen LogP contribution is 2.23. The number of morpholine rings is 1. The van der Waals surface area contributed by atoms with Crippen molar-refractivity contribution in [1.82, 2.24) is 19.8 Å². The van der Waals surface area contributed by atoms with Gasteiger partial charge in [-0.15, -0.1) is 0 Å². The summed E-state index contributed by atoms with van der Waals surface area (Å²) in [5, 5.41) is 3.18. The van der Waals surface area contributed by atoms with E-state index in [4.69, 9.17) is 16.3 Å². The van der Waals surface area contributed by atoms with Gasteiger partial charge in [-0.1, -0.05) is 11.6 Å². The highest BCUT2D eigenvalue weighted by atomic mass is 35.5. The van der Waals surface area contributed by atoms with Gasteiger partial charge in [0.1, 0.15) is 23.8 Å². The molecule has 0 atom stereocenters. The van der Waals surface area contributed by atoms with Crippen molar-refractivity contribution in [1.29, 1.82) is 0 Å². The van der Waals surface area contributed by atoms with E-state index in [1.165, 1.54) is 18.5 Å². The predicted octanol–water partition coefficient (Wildman–Crippen LogP) is 1.99. The van der Waals surface area contributed by atoms with Gasteiger partial charge < -0.3 is 19.9 Å². The van der Waals surface area contributed by atoms with Crippen LogP contribution >= 0.6 is 11.6 Å². The molecule has 10 heteroatoms. The van der Waals surface area contributed by atoms with Gasteiger partial charge in [0.05, 0.1) is 24.8 Å². The van der Waals surface area contributed by atoms with E-state index in [9.17, 15) is 9.18 Å². The number of nitrogens with one attached hydrogen (secondary N) is 1. The third-order valence-corrected chi connectivity index (χ3v) is 5.55. The standard InChI is InChI=1S/C20H24ClFN6O2/c21-16-11-15(1-2-17(16)22)25-18-12-19(24-14-23-18)27-5-3-26(4-6-27)13-20(29)28-7-9-30-10-8-28/h1-2,11-12,14H,3-10,13H2,(H,23,24,25). The number of carbonyl (C=O) groups is 1. The Balaban J connectivity index is 1.31. The van der Waals surface area contributed by atoms with Gasteiger partial charge in [0.25, 0.3) is 0 Å². The molecule has 2 aliphatic rings. The van der Waals surface area contributed by atoms with E-state index in [1.54, 1.807) is 6.07 Å². The lowest BCUT2D eigenvalue weighted by atomic mass is 10.3. The number of nitrogens with zero attached hydrogens (tertiary/aromatic N) is 5. The second-order valence-electron chi connectivity index (χ2n) is 7.27. The number of hydrogen-bond donors (Lipinski definition) is 1. The maximum atomic E-state index is 13.3. The number of benzene rings is 1. The Kier molecular flexibility index (Phi) is 6.61. The number of anilines is 3. The minimum Gasteiger partial charge on any atom is -0.378 e. The van der Waals surface area contributed by atoms with Crippen LogP contribution in [0.15, 0.2) is 30.6 Å². The predicted molar refractivity (Wildman–Crippen MR) is 113 cm³/mol. The number of halogens is 2. The molecule has 1 amide bonds. The molecular formula is C20H24ClFN6O2. The number of piperazine rings is 1. The van der Waals surface area contributed by atoms with Gasteiger partial charge in [-0.2, -0.15) is 0 Å². The zero-order valence-corrected chi connectivity index (χ0v) is 17.3. The molecule has 1 aromatic heterocycles. The molecule has 3 heterocycles. The summed E-state index contributed by atoms with van der Waals surface area (Å²) in [5.41, 5.74) is 0.650. The Morgan fingerprint density at radius 1 is 1.10 bits per heavy atom. The Labute approximate surface area is 179 Å². The molecule has 30 heavy (non-hydrogen) atoms. The first-order chi connectivity index (χ1) is 14.6. The average Bonchev–Trinajstić information content (AvgIpc) is 2.78. The highest BCUT2D eigenvalue weighted by molar-refractivity contribution is 6.31. The third-order valence-electron chi connectivity index (χ3n) is 5.26. The molecule has 0 spiro atoms. The zero-order valence-electron chi connectivity index (χ0n) is 16.6. The fourth-order valence-corrected chi connectivity index (χ4v) is 3.73. The molecule has 2 aliphatic heterocycles. The van der Waals surface area contributed by atoms with Crippen molar-refractivity contribution < 1.29 is 13.9 Å². The fraction of sp³-hybridized carbons (Fsp3) is 0.450. The minimum absolute atomic E-state index is 0.0528. The van der Waals surface area contributed by atoms with Crippen LogP contribution in [0.25, 0.3) is 0 Å². The topological polar surface area (TPSA) is 73.8 Å². The summed E-state index contributed by atoms with van der Waals surface area (Å²) in [6.45, 7) is 6.15. The molecule has 0 unspecified atom stereocenters. The van der Waals surface area contributed by atoms with Crippen LogP contribution in [0, 0.1) is 5.82 Å². The SMILES string of the molecule is O=C(CN1CCN(c2cc(Nc3ccc(F)c(Cl)c3)ncn2)CC1)N1CCOCC1. The van der Waals surface area contributed by atoms with E-state index in [0.717, 1.165) is 32.0 Å². The maximum Gasteiger partial charge on any atom is 0.236 e. The fourth-order valence-electron chi connectivity index (χ4n) is 3.55. The van der Waals surface area contributed by atoms with Crippen molar-refractivity contribution in [3.05, 3.63) is 41.4 Å². The van der Waals surface area contributed by atoms with Crippen LogP contribution in [0.4, 0.5) is 21.7 Å². The molecule has 2 aromatic rings. The number of ether oxygens (including phenoxy) is 1. The Morgan fingerprint density at radius 2 is 1.87 bits per heavy atom. The van der Waals surface area contributed by atoms with E-state index in [-0.39, 0.29) is 10.9 Å². The molecule has 0 radical (unpaired) electrons. The smallest absolute Gasteiger partial charge is 0.236 e. The summed E-state index contributed by atoms with van der Waals surface area (Å²) < 4.78 is 18.6. The van der Waals surface area contributed by atoms with Gasteiger partial charge in [0, 0.05) is 51.0 Å². The van der Waals surface area contributed by atoms with Gasteiger partial charge >= 0.3 is 0 Å². The number of amides is 1. The Hall–Kier alpha value is -2.49. The van der Waals surface area contributed by atoms with Crippen LogP contribution in [0.2, 0.25) is 5.02 Å². The summed E-state index contributed by atoms with van der Waals surface area (Å²) in [6, 6.07) is 6.28. The quantitative estimate of drug-likeness (QED) is 0.771. The van der Waals surface area contributed by atoms with Gasteiger partial charge in [-0.3, -0.25) is 9.69 Å². The summed E-state index contributed by atoms with van der Waals surface area (Å²) in [4.78, 5) is 27.3. The lowest BCUT2D eigenvalue weighted by Crippen LogP contribution is -2.51. The highest BCUT2D eigenvalue weighted by Gasteiger charge is 2.23. The molecule has 2 fully saturated rings. The lowest BCUT2D eigenvalue weighted by Gasteiger charge is -2.36. The van der Waals surface area contributed by atoms with E-state index < -0.39 is 5.82 Å². The van der Waals surface area contributed by atoms with E-state index >= 15 is 0 Å². The average molecular weight is 435 g/mol. The molecule has 0 bridgehead atoms. The minimum atomic E-state index is -0.462. The number of aromatic nitrogens is 2. The molecule has 1 N–H and O–H groups in total. The summed E-state index contributed by atoms with van der Waals surface area (Å²) in [7, 11) is 0. The van der Waals surface area contributed by atoms with Crippen molar-refractivity contribution >= 4 is 34.8 Å². The van der Waals surface area contributed by atoms with Crippen LogP contribution in [-0.2, 0) is 9.53 Å². The second-order valence-corrected chi connectivity index (χ2v) is 7.68. The number of rotatable bonds is 5. The van der Waals surface area contributed by atoms with Crippen LogP contribution in [0.3, 0.4) is 0 Å². The summed E-state index contributed by atoms with van der Waals surface area (Å²) >= 11 is 5.84. The largest absolute Gasteiger partial charge is 0.378 e. The van der Waals surface area contributed by atoms with Crippen molar-refractivity contribution in [3.8, 4) is 0 Å². The Morgan fingerprint density at radius 3 is 2.60 bits per heavy atom. The van der Waals surface area contributed by atoms with E-state index in [0.29, 0.717) is 44.4 Å². The van der Waals surface area contributed by atoms with Crippen molar-refractivity contribution in [3.63, 3.8) is 0 Å². The van der Waals surface area contributed by atoms with E-state index in [2.05, 4.69) is 25.1 Å². The first kappa shape index (κ1) is 20.8. The molecule has 0 aliphatic carbocycles. The molecule has 8 nitrogen and oxygen atoms in total. The molecule has 4 rings (SSSR count). The normalized spacial score (nSPS) is 17.8. The van der Waals surface area contributed by atoms with Crippen molar-refractivity contribution in [2.45, 2.75) is 0 Å². The van der Waals surface area contributed by atoms with Crippen LogP contribution in [0.5, 0.6) is 0 Å². The molecule has 160 valence electrons. The third kappa shape index (κ3) is 5.16. The summed E-state index contributed by atoms with van der Waals surface area (Å²) in [5.74, 6) is 1.11. The van der Waals surface area contributed by atoms with Gasteiger partial charge in [0.2, 0.25) is 5.91 Å². The molecule has 2 saturated heterocycles. The van der Waals surface area contributed by atoms with Crippen LogP contribution < -0.4 is 10.2 Å². The lowest BCUT2D eigenvalue weighted by molar-refractivity contribution is -0.136. The van der Waals surface area contributed by atoms with Crippen molar-refractivity contribution in [2.75, 3.05) is 69.2 Å². The monoisotopic (exact) mass is 434 g/mol. The second kappa shape index (κ2) is 9.55. The van der Waals surface area contributed by atoms with Gasteiger partial charge in [0.15, 0.2) is 0 Å². The number of carbonyl (C=O) groups excluding carboxylic acids is 1. The van der Waals surface area contributed by atoms with Crippen LogP contribution in [-0.4, -0.2) is 84.7 Å². The van der Waals surface area contributed by atoms with E-state index in [1.807, 2.05) is 11.0 Å². The van der Waals surface area contributed by atoms with Crippen molar-refractivity contribution in [2.24, 2.45) is 0 Å². The molecule has 1 aromatic carbocycles. The maximum absolute atomic E-state index is 13.3. The molecule has 0 saturated carbocycles. The van der Waals surface area contributed by atoms with Gasteiger partial charge in [-0.25, -0.2) is 14.4 Å². The first-order valence-electron chi connectivity index (χ1n) is 9.95. The first-order valence-corrected chi connectivity index (χ1v) is 10.3.